The highest BCUT2D eigenvalue weighted by atomic mass is 31.2. The Morgan fingerprint density at radius 2 is 2.00 bits per heavy atom. The lowest BCUT2D eigenvalue weighted by atomic mass is 10.1. The number of nitrogens with two attached hydrogens (primary N) is 1. The SMILES string of the molecule is CP(C)(=O)c1cc(-c2ccco2)ccc1N. The summed E-state index contributed by atoms with van der Waals surface area (Å²) < 4.78 is 17.3. The Morgan fingerprint density at radius 1 is 1.25 bits per heavy atom. The molecule has 4 heteroatoms. The van der Waals surface area contributed by atoms with Crippen LogP contribution in [-0.4, -0.2) is 13.3 Å². The second-order valence-electron chi connectivity index (χ2n) is 4.10. The first-order valence-electron chi connectivity index (χ1n) is 4.97. The maximum Gasteiger partial charge on any atom is 0.133 e. The van der Waals surface area contributed by atoms with Crippen LogP contribution in [0.1, 0.15) is 0 Å². The van der Waals surface area contributed by atoms with Gasteiger partial charge in [-0.05, 0) is 43.7 Å². The number of benzene rings is 1. The molecule has 2 N–H and O–H groups in total. The fourth-order valence-corrected chi connectivity index (χ4v) is 2.75. The number of hydrogen-bond donors (Lipinski definition) is 1. The molecule has 0 fully saturated rings. The summed E-state index contributed by atoms with van der Waals surface area (Å²) in [7, 11) is -2.35. The monoisotopic (exact) mass is 235 g/mol. The van der Waals surface area contributed by atoms with E-state index in [0.717, 1.165) is 11.3 Å². The van der Waals surface area contributed by atoms with Gasteiger partial charge in [-0.3, -0.25) is 0 Å². The molecule has 2 aromatic rings. The van der Waals surface area contributed by atoms with Crippen LogP contribution in [0.25, 0.3) is 11.3 Å². The van der Waals surface area contributed by atoms with Crippen molar-refractivity contribution < 1.29 is 8.98 Å². The van der Waals surface area contributed by atoms with E-state index in [1.165, 1.54) is 0 Å². The first kappa shape index (κ1) is 11.0. The Morgan fingerprint density at radius 3 is 2.56 bits per heavy atom. The van der Waals surface area contributed by atoms with Crippen molar-refractivity contribution in [3.8, 4) is 11.3 Å². The van der Waals surface area contributed by atoms with Crippen molar-refractivity contribution in [2.24, 2.45) is 0 Å². The normalized spacial score (nSPS) is 11.6. The number of anilines is 1. The van der Waals surface area contributed by atoms with Gasteiger partial charge in [-0.25, -0.2) is 0 Å². The minimum Gasteiger partial charge on any atom is -0.464 e. The van der Waals surface area contributed by atoms with Gasteiger partial charge in [-0.1, -0.05) is 0 Å². The van der Waals surface area contributed by atoms with Gasteiger partial charge < -0.3 is 14.7 Å². The molecule has 2 rings (SSSR count). The molecule has 0 saturated carbocycles. The Balaban J connectivity index is 2.57. The summed E-state index contributed by atoms with van der Waals surface area (Å²) in [5.41, 5.74) is 7.30. The average Bonchev–Trinajstić information content (AvgIpc) is 2.69. The standard InChI is InChI=1S/C12H14NO2P/c1-16(2,14)12-8-9(5-6-10(12)13)11-4-3-7-15-11/h3-8H,13H2,1-2H3. The fraction of sp³-hybridized carbons (Fsp3) is 0.167. The average molecular weight is 235 g/mol. The Hall–Kier alpha value is -1.47. The van der Waals surface area contributed by atoms with Gasteiger partial charge in [-0.2, -0.15) is 0 Å². The van der Waals surface area contributed by atoms with Crippen LogP contribution in [0.15, 0.2) is 41.0 Å². The van der Waals surface area contributed by atoms with E-state index in [9.17, 15) is 4.57 Å². The molecule has 0 spiro atoms. The molecule has 0 aliphatic heterocycles. The van der Waals surface area contributed by atoms with Crippen molar-refractivity contribution in [1.82, 2.24) is 0 Å². The summed E-state index contributed by atoms with van der Waals surface area (Å²) in [6.07, 6.45) is 1.61. The third-order valence-electron chi connectivity index (χ3n) is 2.42. The van der Waals surface area contributed by atoms with E-state index in [1.54, 1.807) is 25.7 Å². The van der Waals surface area contributed by atoms with Crippen molar-refractivity contribution >= 4 is 18.1 Å². The molecule has 0 radical (unpaired) electrons. The molecule has 0 amide bonds. The van der Waals surface area contributed by atoms with E-state index in [-0.39, 0.29) is 0 Å². The third-order valence-corrected chi connectivity index (χ3v) is 3.96. The molecule has 0 bridgehead atoms. The minimum atomic E-state index is -2.35. The highest BCUT2D eigenvalue weighted by Gasteiger charge is 2.16. The van der Waals surface area contributed by atoms with Crippen LogP contribution >= 0.6 is 7.14 Å². The summed E-state index contributed by atoms with van der Waals surface area (Å²) in [5.74, 6) is 0.759. The maximum absolute atomic E-state index is 12.0. The molecule has 0 aliphatic rings. The van der Waals surface area contributed by atoms with Crippen molar-refractivity contribution in [3.05, 3.63) is 36.6 Å². The molecule has 16 heavy (non-hydrogen) atoms. The topological polar surface area (TPSA) is 56.2 Å². The zero-order valence-corrected chi connectivity index (χ0v) is 10.2. The molecule has 0 atom stereocenters. The van der Waals surface area contributed by atoms with E-state index >= 15 is 0 Å². The first-order valence-corrected chi connectivity index (χ1v) is 7.57. The molecule has 1 aromatic heterocycles. The molecule has 0 saturated heterocycles. The van der Waals surface area contributed by atoms with Gasteiger partial charge in [0.2, 0.25) is 0 Å². The van der Waals surface area contributed by atoms with Crippen LogP contribution in [0.5, 0.6) is 0 Å². The summed E-state index contributed by atoms with van der Waals surface area (Å²) in [5, 5.41) is 0.710. The highest BCUT2D eigenvalue weighted by Crippen LogP contribution is 2.38. The van der Waals surface area contributed by atoms with Crippen molar-refractivity contribution in [2.45, 2.75) is 0 Å². The second kappa shape index (κ2) is 3.84. The molecule has 3 nitrogen and oxygen atoms in total. The van der Waals surface area contributed by atoms with Gasteiger partial charge in [-0.15, -0.1) is 0 Å². The van der Waals surface area contributed by atoms with Crippen LogP contribution in [0, 0.1) is 0 Å². The van der Waals surface area contributed by atoms with E-state index in [0.29, 0.717) is 11.0 Å². The smallest absolute Gasteiger partial charge is 0.133 e. The van der Waals surface area contributed by atoms with Crippen LogP contribution in [0.2, 0.25) is 0 Å². The quantitative estimate of drug-likeness (QED) is 0.643. The Kier molecular flexibility index (Phi) is 2.64. The Bertz CT molecular complexity index is 540. The predicted molar refractivity (Wildman–Crippen MR) is 67.6 cm³/mol. The summed E-state index contributed by atoms with van der Waals surface area (Å²) in [4.78, 5) is 0. The van der Waals surface area contributed by atoms with Crippen molar-refractivity contribution in [1.29, 1.82) is 0 Å². The van der Waals surface area contributed by atoms with E-state index in [4.69, 9.17) is 10.2 Å². The molecular formula is C12H14NO2P. The van der Waals surface area contributed by atoms with Crippen molar-refractivity contribution in [3.63, 3.8) is 0 Å². The lowest BCUT2D eigenvalue weighted by Gasteiger charge is -2.11. The molecule has 84 valence electrons. The number of nitrogen functional groups attached to an aromatic ring is 1. The molecule has 0 unspecified atom stereocenters. The van der Waals surface area contributed by atoms with Crippen molar-refractivity contribution in [2.75, 3.05) is 19.1 Å². The zero-order valence-electron chi connectivity index (χ0n) is 9.31. The first-order chi connectivity index (χ1) is 7.48. The number of hydrogen-bond acceptors (Lipinski definition) is 3. The fourth-order valence-electron chi connectivity index (χ4n) is 1.61. The van der Waals surface area contributed by atoms with E-state index in [2.05, 4.69) is 0 Å². The number of furan rings is 1. The molecule has 1 aromatic carbocycles. The lowest BCUT2D eigenvalue weighted by Crippen LogP contribution is -2.09. The predicted octanol–water partition coefficient (Wildman–Crippen LogP) is 2.78. The molecular weight excluding hydrogens is 221 g/mol. The summed E-state index contributed by atoms with van der Waals surface area (Å²) in [6.45, 7) is 3.43. The van der Waals surface area contributed by atoms with Gasteiger partial charge in [0.25, 0.3) is 0 Å². The van der Waals surface area contributed by atoms with Crippen LogP contribution in [-0.2, 0) is 4.57 Å². The zero-order chi connectivity index (χ0) is 11.8. The minimum absolute atomic E-state index is 0.573. The number of rotatable bonds is 2. The van der Waals surface area contributed by atoms with Crippen LogP contribution in [0.3, 0.4) is 0 Å². The molecule has 0 aliphatic carbocycles. The highest BCUT2D eigenvalue weighted by molar-refractivity contribution is 7.70. The second-order valence-corrected chi connectivity index (χ2v) is 7.29. The lowest BCUT2D eigenvalue weighted by molar-refractivity contribution is 0.582. The van der Waals surface area contributed by atoms with Gasteiger partial charge in [0, 0.05) is 16.6 Å². The largest absolute Gasteiger partial charge is 0.464 e. The summed E-state index contributed by atoms with van der Waals surface area (Å²) >= 11 is 0. The van der Waals surface area contributed by atoms with Gasteiger partial charge in [0.1, 0.15) is 12.9 Å². The third kappa shape index (κ3) is 2.05. The molecule has 1 heterocycles. The Labute approximate surface area is 94.6 Å². The van der Waals surface area contributed by atoms with Gasteiger partial charge in [0.15, 0.2) is 0 Å². The van der Waals surface area contributed by atoms with Crippen LogP contribution < -0.4 is 11.0 Å². The van der Waals surface area contributed by atoms with Crippen LogP contribution in [0.4, 0.5) is 5.69 Å². The van der Waals surface area contributed by atoms with Gasteiger partial charge in [0.05, 0.1) is 6.26 Å². The van der Waals surface area contributed by atoms with E-state index in [1.807, 2.05) is 24.3 Å². The summed E-state index contributed by atoms with van der Waals surface area (Å²) in [6, 6.07) is 9.17. The van der Waals surface area contributed by atoms with Gasteiger partial charge >= 0.3 is 0 Å². The maximum atomic E-state index is 12.0. The van der Waals surface area contributed by atoms with E-state index < -0.39 is 7.14 Å².